The van der Waals surface area contributed by atoms with Crippen LogP contribution < -0.4 is 0 Å². The third kappa shape index (κ3) is 5.64. The van der Waals surface area contributed by atoms with Crippen LogP contribution in [0.3, 0.4) is 0 Å². The van der Waals surface area contributed by atoms with Crippen molar-refractivity contribution < 1.29 is 9.53 Å². The van der Waals surface area contributed by atoms with Crippen LogP contribution in [0.25, 0.3) is 0 Å². The Kier molecular flexibility index (Phi) is 7.69. The summed E-state index contributed by atoms with van der Waals surface area (Å²) in [6.45, 7) is 8.60. The van der Waals surface area contributed by atoms with E-state index in [-0.39, 0.29) is 12.5 Å². The number of hydrogen-bond acceptors (Lipinski definition) is 2. The highest BCUT2D eigenvalue weighted by Crippen LogP contribution is 1.95. The van der Waals surface area contributed by atoms with E-state index >= 15 is 0 Å². The van der Waals surface area contributed by atoms with Crippen molar-refractivity contribution in [3.8, 4) is 0 Å². The fraction of sp³-hybridized carbons (Fsp3) is 0.900. The van der Waals surface area contributed by atoms with Crippen LogP contribution in [0.2, 0.25) is 0 Å². The van der Waals surface area contributed by atoms with E-state index in [9.17, 15) is 4.79 Å². The Morgan fingerprint density at radius 2 is 1.69 bits per heavy atom. The lowest BCUT2D eigenvalue weighted by Crippen LogP contribution is -2.35. The maximum atomic E-state index is 11.5. The van der Waals surface area contributed by atoms with Crippen molar-refractivity contribution in [1.82, 2.24) is 4.90 Å². The summed E-state index contributed by atoms with van der Waals surface area (Å²) in [5.41, 5.74) is 0. The van der Waals surface area contributed by atoms with E-state index in [0.717, 1.165) is 25.9 Å². The molecular formula is C10H21NO2. The second-order valence-electron chi connectivity index (χ2n) is 3.02. The molecule has 0 aromatic heterocycles. The van der Waals surface area contributed by atoms with Crippen LogP contribution >= 0.6 is 0 Å². The third-order valence-corrected chi connectivity index (χ3v) is 1.77. The standard InChI is InChI=1S/C10H21NO2/c1-4-7-11(8-5-2)10(12)9-13-6-3/h4-9H2,1-3H3. The number of hydrogen-bond donors (Lipinski definition) is 0. The molecular weight excluding hydrogens is 166 g/mol. The van der Waals surface area contributed by atoms with Crippen molar-refractivity contribution in [3.63, 3.8) is 0 Å². The fourth-order valence-electron chi connectivity index (χ4n) is 1.18. The summed E-state index contributed by atoms with van der Waals surface area (Å²) in [6.07, 6.45) is 2.02. The quantitative estimate of drug-likeness (QED) is 0.607. The summed E-state index contributed by atoms with van der Waals surface area (Å²) >= 11 is 0. The van der Waals surface area contributed by atoms with Crippen molar-refractivity contribution in [2.75, 3.05) is 26.3 Å². The van der Waals surface area contributed by atoms with Crippen LogP contribution in [0.15, 0.2) is 0 Å². The lowest BCUT2D eigenvalue weighted by Gasteiger charge is -2.21. The second-order valence-corrected chi connectivity index (χ2v) is 3.02. The molecule has 13 heavy (non-hydrogen) atoms. The Morgan fingerprint density at radius 1 is 1.15 bits per heavy atom. The van der Waals surface area contributed by atoms with Crippen molar-refractivity contribution in [2.45, 2.75) is 33.6 Å². The van der Waals surface area contributed by atoms with Crippen LogP contribution in [-0.4, -0.2) is 37.1 Å². The first-order chi connectivity index (χ1) is 6.26. The van der Waals surface area contributed by atoms with Gasteiger partial charge in [0.25, 0.3) is 0 Å². The summed E-state index contributed by atoms with van der Waals surface area (Å²) in [6, 6.07) is 0. The van der Waals surface area contributed by atoms with E-state index in [0.29, 0.717) is 6.61 Å². The summed E-state index contributed by atoms with van der Waals surface area (Å²) in [5.74, 6) is 0.116. The molecule has 0 fully saturated rings. The highest BCUT2D eigenvalue weighted by molar-refractivity contribution is 5.77. The van der Waals surface area contributed by atoms with Gasteiger partial charge in [-0.2, -0.15) is 0 Å². The smallest absolute Gasteiger partial charge is 0.248 e. The van der Waals surface area contributed by atoms with Crippen LogP contribution in [0.5, 0.6) is 0 Å². The Hall–Kier alpha value is -0.570. The molecule has 78 valence electrons. The summed E-state index contributed by atoms with van der Waals surface area (Å²) < 4.78 is 5.08. The third-order valence-electron chi connectivity index (χ3n) is 1.77. The Balaban J connectivity index is 3.80. The van der Waals surface area contributed by atoms with Gasteiger partial charge in [-0.25, -0.2) is 0 Å². The first kappa shape index (κ1) is 12.4. The average Bonchev–Trinajstić information content (AvgIpc) is 2.14. The average molecular weight is 187 g/mol. The topological polar surface area (TPSA) is 29.5 Å². The molecule has 3 nitrogen and oxygen atoms in total. The molecule has 1 amide bonds. The van der Waals surface area contributed by atoms with Crippen LogP contribution in [0.1, 0.15) is 33.6 Å². The maximum Gasteiger partial charge on any atom is 0.248 e. The van der Waals surface area contributed by atoms with Crippen LogP contribution in [-0.2, 0) is 9.53 Å². The van der Waals surface area contributed by atoms with Gasteiger partial charge >= 0.3 is 0 Å². The minimum absolute atomic E-state index is 0.116. The number of carbonyl (C=O) groups is 1. The van der Waals surface area contributed by atoms with E-state index in [4.69, 9.17) is 4.74 Å². The summed E-state index contributed by atoms with van der Waals surface area (Å²) in [7, 11) is 0. The Morgan fingerprint density at radius 3 is 2.08 bits per heavy atom. The SMILES string of the molecule is CCCN(CCC)C(=O)COCC. The molecule has 0 unspecified atom stereocenters. The molecule has 0 saturated carbocycles. The van der Waals surface area contributed by atoms with Gasteiger partial charge in [-0.15, -0.1) is 0 Å². The van der Waals surface area contributed by atoms with Crippen molar-refractivity contribution in [1.29, 1.82) is 0 Å². The van der Waals surface area contributed by atoms with E-state index in [2.05, 4.69) is 13.8 Å². The van der Waals surface area contributed by atoms with Crippen molar-refractivity contribution in [2.24, 2.45) is 0 Å². The number of nitrogens with zero attached hydrogens (tertiary/aromatic N) is 1. The van der Waals surface area contributed by atoms with Gasteiger partial charge in [0.1, 0.15) is 6.61 Å². The zero-order valence-corrected chi connectivity index (χ0v) is 9.01. The molecule has 0 aromatic carbocycles. The molecule has 3 heteroatoms. The molecule has 0 aliphatic heterocycles. The Labute approximate surface area is 81.1 Å². The highest BCUT2D eigenvalue weighted by atomic mass is 16.5. The minimum atomic E-state index is 0.116. The molecule has 0 aliphatic carbocycles. The lowest BCUT2D eigenvalue weighted by atomic mass is 10.3. The van der Waals surface area contributed by atoms with Crippen molar-refractivity contribution in [3.05, 3.63) is 0 Å². The van der Waals surface area contributed by atoms with Gasteiger partial charge in [0.2, 0.25) is 5.91 Å². The molecule has 0 bridgehead atoms. The van der Waals surface area contributed by atoms with E-state index in [1.54, 1.807) is 0 Å². The molecule has 0 N–H and O–H groups in total. The predicted octanol–water partition coefficient (Wildman–Crippen LogP) is 1.67. The van der Waals surface area contributed by atoms with E-state index in [1.807, 2.05) is 11.8 Å². The monoisotopic (exact) mass is 187 g/mol. The van der Waals surface area contributed by atoms with Gasteiger partial charge in [0, 0.05) is 19.7 Å². The maximum absolute atomic E-state index is 11.5. The molecule has 0 saturated heterocycles. The van der Waals surface area contributed by atoms with Gasteiger partial charge in [-0.3, -0.25) is 4.79 Å². The number of amides is 1. The van der Waals surface area contributed by atoms with Crippen molar-refractivity contribution >= 4 is 5.91 Å². The first-order valence-corrected chi connectivity index (χ1v) is 5.11. The van der Waals surface area contributed by atoms with Gasteiger partial charge in [-0.05, 0) is 19.8 Å². The number of carbonyl (C=O) groups excluding carboxylic acids is 1. The van der Waals surface area contributed by atoms with Gasteiger partial charge in [0.05, 0.1) is 0 Å². The summed E-state index contributed by atoms with van der Waals surface area (Å²) in [5, 5.41) is 0. The lowest BCUT2D eigenvalue weighted by molar-refractivity contribution is -0.136. The number of rotatable bonds is 7. The fourth-order valence-corrected chi connectivity index (χ4v) is 1.18. The Bertz CT molecular complexity index is 131. The van der Waals surface area contributed by atoms with Crippen LogP contribution in [0, 0.1) is 0 Å². The molecule has 0 rings (SSSR count). The van der Waals surface area contributed by atoms with Gasteiger partial charge < -0.3 is 9.64 Å². The highest BCUT2D eigenvalue weighted by Gasteiger charge is 2.10. The molecule has 0 atom stereocenters. The van der Waals surface area contributed by atoms with Crippen LogP contribution in [0.4, 0.5) is 0 Å². The molecule has 0 radical (unpaired) electrons. The largest absolute Gasteiger partial charge is 0.372 e. The van der Waals surface area contributed by atoms with E-state index < -0.39 is 0 Å². The minimum Gasteiger partial charge on any atom is -0.372 e. The summed E-state index contributed by atoms with van der Waals surface area (Å²) in [4.78, 5) is 13.4. The van der Waals surface area contributed by atoms with Gasteiger partial charge in [0.15, 0.2) is 0 Å². The molecule has 0 aromatic rings. The molecule has 0 spiro atoms. The normalized spacial score (nSPS) is 10.1. The zero-order chi connectivity index (χ0) is 10.1. The first-order valence-electron chi connectivity index (χ1n) is 5.11. The zero-order valence-electron chi connectivity index (χ0n) is 9.01. The number of ether oxygens (including phenoxy) is 1. The molecule has 0 heterocycles. The second kappa shape index (κ2) is 8.05. The predicted molar refractivity (Wildman–Crippen MR) is 53.7 cm³/mol. The molecule has 0 aliphatic rings. The van der Waals surface area contributed by atoms with Gasteiger partial charge in [-0.1, -0.05) is 13.8 Å². The van der Waals surface area contributed by atoms with E-state index in [1.165, 1.54) is 0 Å².